The summed E-state index contributed by atoms with van der Waals surface area (Å²) in [6.07, 6.45) is 3.83. The number of aromatic nitrogens is 3. The summed E-state index contributed by atoms with van der Waals surface area (Å²) in [5, 5.41) is 11.3. The second-order valence-electron chi connectivity index (χ2n) is 5.30. The van der Waals surface area contributed by atoms with E-state index in [1.165, 1.54) is 5.69 Å². The van der Waals surface area contributed by atoms with Gasteiger partial charge in [0.1, 0.15) is 12.2 Å². The molecule has 0 saturated carbocycles. The van der Waals surface area contributed by atoms with Crippen LogP contribution in [-0.4, -0.2) is 27.9 Å². The Hall–Kier alpha value is -1.88. The second kappa shape index (κ2) is 6.05. The van der Waals surface area contributed by atoms with E-state index in [1.807, 2.05) is 22.9 Å². The number of anilines is 1. The first-order valence-electron chi connectivity index (χ1n) is 7.26. The zero-order valence-corrected chi connectivity index (χ0v) is 11.8. The average molecular weight is 271 g/mol. The highest BCUT2D eigenvalue weighted by molar-refractivity contribution is 5.42. The van der Waals surface area contributed by atoms with Crippen molar-refractivity contribution in [3.8, 4) is 0 Å². The number of para-hydroxylation sites is 1. The van der Waals surface area contributed by atoms with Crippen LogP contribution in [0.3, 0.4) is 0 Å². The Kier molecular flexibility index (Phi) is 3.97. The summed E-state index contributed by atoms with van der Waals surface area (Å²) < 4.78 is 2.03. The highest BCUT2D eigenvalue weighted by Crippen LogP contribution is 2.31. The van der Waals surface area contributed by atoms with Crippen molar-refractivity contribution in [2.24, 2.45) is 0 Å². The molecule has 0 amide bonds. The van der Waals surface area contributed by atoms with Crippen LogP contribution in [0, 0.1) is 0 Å². The Labute approximate surface area is 119 Å². The smallest absolute Gasteiger partial charge is 0.144 e. The molecule has 0 aliphatic carbocycles. The highest BCUT2D eigenvalue weighted by Gasteiger charge is 2.29. The largest absolute Gasteiger partial charge is 0.385 e. The topological polar surface area (TPSA) is 54.8 Å². The third-order valence-electron chi connectivity index (χ3n) is 3.75. The van der Waals surface area contributed by atoms with Gasteiger partial charge in [0.2, 0.25) is 0 Å². The lowest BCUT2D eigenvalue weighted by atomic mass is 10.1. The van der Waals surface area contributed by atoms with Gasteiger partial charge in [-0.25, -0.2) is 9.67 Å². The molecular formula is C15H21N5. The Balaban J connectivity index is 1.39. The average Bonchev–Trinajstić information content (AvgIpc) is 3.05. The Morgan fingerprint density at radius 2 is 2.10 bits per heavy atom. The van der Waals surface area contributed by atoms with Crippen molar-refractivity contribution in [2.45, 2.75) is 31.8 Å². The number of hydrogen-bond donors (Lipinski definition) is 2. The lowest BCUT2D eigenvalue weighted by molar-refractivity contribution is 0.466. The van der Waals surface area contributed by atoms with Crippen LogP contribution in [0.25, 0.3) is 0 Å². The molecule has 20 heavy (non-hydrogen) atoms. The first-order valence-corrected chi connectivity index (χ1v) is 7.26. The van der Waals surface area contributed by atoms with Crippen LogP contribution in [0.2, 0.25) is 0 Å². The number of fused-ring (bicyclic) bond motifs is 1. The van der Waals surface area contributed by atoms with Gasteiger partial charge in [0.15, 0.2) is 0 Å². The lowest BCUT2D eigenvalue weighted by Crippen LogP contribution is -2.23. The SMILES string of the molecule is C[C@@H]1C[C@@H](NCCCNc2ccccc2)c2ncnn21. The molecule has 0 saturated heterocycles. The Morgan fingerprint density at radius 3 is 2.95 bits per heavy atom. The molecule has 0 fully saturated rings. The van der Waals surface area contributed by atoms with Gasteiger partial charge >= 0.3 is 0 Å². The van der Waals surface area contributed by atoms with E-state index in [1.54, 1.807) is 6.33 Å². The molecule has 3 rings (SSSR count). The molecule has 1 aliphatic heterocycles. The van der Waals surface area contributed by atoms with Gasteiger partial charge in [-0.2, -0.15) is 5.10 Å². The zero-order valence-electron chi connectivity index (χ0n) is 11.8. The monoisotopic (exact) mass is 271 g/mol. The molecule has 0 bridgehead atoms. The minimum atomic E-state index is 0.351. The Bertz CT molecular complexity index is 536. The van der Waals surface area contributed by atoms with Crippen LogP contribution in [0.4, 0.5) is 5.69 Å². The van der Waals surface area contributed by atoms with Gasteiger partial charge in [-0.1, -0.05) is 18.2 Å². The summed E-state index contributed by atoms with van der Waals surface area (Å²) in [6, 6.07) is 11.1. The van der Waals surface area contributed by atoms with Crippen molar-refractivity contribution < 1.29 is 0 Å². The van der Waals surface area contributed by atoms with E-state index < -0.39 is 0 Å². The van der Waals surface area contributed by atoms with Gasteiger partial charge in [0, 0.05) is 12.2 Å². The van der Waals surface area contributed by atoms with Crippen molar-refractivity contribution in [1.29, 1.82) is 0 Å². The number of rotatable bonds is 6. The highest BCUT2D eigenvalue weighted by atomic mass is 15.4. The zero-order chi connectivity index (χ0) is 13.8. The van der Waals surface area contributed by atoms with Crippen LogP contribution >= 0.6 is 0 Å². The summed E-state index contributed by atoms with van der Waals surface area (Å²) in [7, 11) is 0. The third kappa shape index (κ3) is 2.82. The van der Waals surface area contributed by atoms with Crippen LogP contribution in [-0.2, 0) is 0 Å². The van der Waals surface area contributed by atoms with E-state index >= 15 is 0 Å². The van der Waals surface area contributed by atoms with E-state index in [0.717, 1.165) is 31.8 Å². The van der Waals surface area contributed by atoms with Gasteiger partial charge in [-0.05, 0) is 38.4 Å². The standard InChI is InChI=1S/C15H21N5/c1-12-10-14(15-18-11-19-20(12)15)17-9-5-8-16-13-6-3-2-4-7-13/h2-4,6-7,11-12,14,16-17H,5,8-10H2,1H3/t12-,14-/m1/s1. The van der Waals surface area contributed by atoms with E-state index in [0.29, 0.717) is 12.1 Å². The molecule has 1 aromatic carbocycles. The van der Waals surface area contributed by atoms with Crippen LogP contribution in [0.5, 0.6) is 0 Å². The first kappa shape index (κ1) is 13.1. The molecule has 0 unspecified atom stereocenters. The number of hydrogen-bond acceptors (Lipinski definition) is 4. The molecule has 106 valence electrons. The van der Waals surface area contributed by atoms with Gasteiger partial charge in [-0.3, -0.25) is 0 Å². The van der Waals surface area contributed by atoms with Crippen molar-refractivity contribution in [1.82, 2.24) is 20.1 Å². The minimum absolute atomic E-state index is 0.351. The van der Waals surface area contributed by atoms with Crippen LogP contribution < -0.4 is 10.6 Å². The summed E-state index contributed by atoms with van der Waals surface area (Å²) in [5.74, 6) is 1.08. The number of nitrogens with one attached hydrogen (secondary N) is 2. The van der Waals surface area contributed by atoms with Crippen molar-refractivity contribution >= 4 is 5.69 Å². The molecule has 5 heteroatoms. The molecule has 2 atom stereocenters. The molecule has 1 aliphatic rings. The van der Waals surface area contributed by atoms with Gasteiger partial charge in [0.05, 0.1) is 12.1 Å². The quantitative estimate of drug-likeness (QED) is 0.792. The molecular weight excluding hydrogens is 250 g/mol. The molecule has 2 heterocycles. The molecule has 2 N–H and O–H groups in total. The normalized spacial score (nSPS) is 20.9. The maximum absolute atomic E-state index is 4.35. The van der Waals surface area contributed by atoms with Gasteiger partial charge < -0.3 is 10.6 Å². The molecule has 5 nitrogen and oxygen atoms in total. The van der Waals surface area contributed by atoms with Crippen LogP contribution in [0.1, 0.15) is 37.7 Å². The van der Waals surface area contributed by atoms with E-state index in [9.17, 15) is 0 Å². The van der Waals surface area contributed by atoms with Gasteiger partial charge in [0.25, 0.3) is 0 Å². The van der Waals surface area contributed by atoms with E-state index in [-0.39, 0.29) is 0 Å². The summed E-state index contributed by atoms with van der Waals surface area (Å²) >= 11 is 0. The second-order valence-corrected chi connectivity index (χ2v) is 5.30. The lowest BCUT2D eigenvalue weighted by Gasteiger charge is -2.11. The third-order valence-corrected chi connectivity index (χ3v) is 3.75. The van der Waals surface area contributed by atoms with E-state index in [4.69, 9.17) is 0 Å². The number of benzene rings is 1. The fraction of sp³-hybridized carbons (Fsp3) is 0.467. The first-order chi connectivity index (χ1) is 9.84. The van der Waals surface area contributed by atoms with E-state index in [2.05, 4.69) is 39.8 Å². The fourth-order valence-electron chi connectivity index (χ4n) is 2.72. The van der Waals surface area contributed by atoms with Crippen molar-refractivity contribution in [2.75, 3.05) is 18.4 Å². The minimum Gasteiger partial charge on any atom is -0.385 e. The molecule has 1 aromatic heterocycles. The Morgan fingerprint density at radius 1 is 1.25 bits per heavy atom. The molecule has 0 radical (unpaired) electrons. The van der Waals surface area contributed by atoms with Gasteiger partial charge in [-0.15, -0.1) is 0 Å². The van der Waals surface area contributed by atoms with Crippen LogP contribution in [0.15, 0.2) is 36.7 Å². The maximum Gasteiger partial charge on any atom is 0.144 e. The summed E-state index contributed by atoms with van der Waals surface area (Å²) in [4.78, 5) is 4.35. The predicted molar refractivity (Wildman–Crippen MR) is 79.6 cm³/mol. The molecule has 0 spiro atoms. The summed E-state index contributed by atoms with van der Waals surface area (Å²) in [5.41, 5.74) is 1.18. The molecule has 2 aromatic rings. The number of nitrogens with zero attached hydrogens (tertiary/aromatic N) is 3. The predicted octanol–water partition coefficient (Wildman–Crippen LogP) is 2.38. The summed E-state index contributed by atoms with van der Waals surface area (Å²) in [6.45, 7) is 4.16. The van der Waals surface area contributed by atoms with Crippen molar-refractivity contribution in [3.63, 3.8) is 0 Å². The van der Waals surface area contributed by atoms with Crippen molar-refractivity contribution in [3.05, 3.63) is 42.5 Å². The fourth-order valence-corrected chi connectivity index (χ4v) is 2.72. The maximum atomic E-state index is 4.35.